The zero-order valence-electron chi connectivity index (χ0n) is 14.6. The quantitative estimate of drug-likeness (QED) is 0.359. The molecule has 0 unspecified atom stereocenters. The molecule has 0 aliphatic rings. The number of carbonyl (C=O) groups excluding carboxylic acids is 2. The molecule has 0 fully saturated rings. The number of thiophene rings is 1. The molecule has 4 rings (SSSR count). The summed E-state index contributed by atoms with van der Waals surface area (Å²) in [5, 5.41) is 5.70. The second-order valence-corrected chi connectivity index (χ2v) is 6.75. The lowest BCUT2D eigenvalue weighted by molar-refractivity contribution is 0.0427. The number of rotatable bonds is 6. The molecule has 0 spiro atoms. The molecule has 0 N–H and O–H groups in total. The Morgan fingerprint density at radius 2 is 1.68 bits per heavy atom. The molecule has 0 radical (unpaired) electrons. The highest BCUT2D eigenvalue weighted by molar-refractivity contribution is 7.12. The van der Waals surface area contributed by atoms with Gasteiger partial charge in [0, 0.05) is 11.1 Å². The van der Waals surface area contributed by atoms with Gasteiger partial charge in [0.05, 0.1) is 10.4 Å². The molecule has 0 bridgehead atoms. The third-order valence-electron chi connectivity index (χ3n) is 3.96. The van der Waals surface area contributed by atoms with E-state index in [1.165, 1.54) is 11.3 Å². The van der Waals surface area contributed by atoms with Gasteiger partial charge in [-0.2, -0.15) is 4.98 Å². The van der Waals surface area contributed by atoms with Crippen LogP contribution in [0.5, 0.6) is 0 Å². The molecular formula is C21H14N2O4S. The molecule has 0 saturated carbocycles. The lowest BCUT2D eigenvalue weighted by atomic mass is 10.0. The Kier molecular flexibility index (Phi) is 5.07. The van der Waals surface area contributed by atoms with E-state index < -0.39 is 5.97 Å². The molecule has 2 aromatic carbocycles. The maximum Gasteiger partial charge on any atom is 0.339 e. The second kappa shape index (κ2) is 7.98. The summed E-state index contributed by atoms with van der Waals surface area (Å²) in [4.78, 5) is 29.9. The Morgan fingerprint density at radius 1 is 0.929 bits per heavy atom. The smallest absolute Gasteiger partial charge is 0.339 e. The Hall–Kier alpha value is -3.58. The highest BCUT2D eigenvalue weighted by Crippen LogP contribution is 2.20. The highest BCUT2D eigenvalue weighted by Gasteiger charge is 2.20. The first-order valence-electron chi connectivity index (χ1n) is 8.45. The lowest BCUT2D eigenvalue weighted by Gasteiger charge is -2.07. The topological polar surface area (TPSA) is 82.3 Å². The maximum absolute atomic E-state index is 12.6. The Bertz CT molecular complexity index is 1100. The lowest BCUT2D eigenvalue weighted by Crippen LogP contribution is -2.12. The number of carbonyl (C=O) groups is 2. The molecule has 7 heteroatoms. The normalized spacial score (nSPS) is 10.6. The van der Waals surface area contributed by atoms with Crippen LogP contribution in [0, 0.1) is 0 Å². The fourth-order valence-electron chi connectivity index (χ4n) is 2.62. The van der Waals surface area contributed by atoms with E-state index in [1.807, 2.05) is 35.7 Å². The Morgan fingerprint density at radius 3 is 2.43 bits per heavy atom. The predicted octanol–water partition coefficient (Wildman–Crippen LogP) is 4.39. The van der Waals surface area contributed by atoms with Gasteiger partial charge in [0.15, 0.2) is 6.61 Å². The van der Waals surface area contributed by atoms with E-state index in [0.717, 1.165) is 5.56 Å². The largest absolute Gasteiger partial charge is 0.452 e. The first-order valence-corrected chi connectivity index (χ1v) is 9.32. The first kappa shape index (κ1) is 17.8. The minimum atomic E-state index is -0.625. The van der Waals surface area contributed by atoms with E-state index >= 15 is 0 Å². The van der Waals surface area contributed by atoms with E-state index in [0.29, 0.717) is 16.3 Å². The summed E-state index contributed by atoms with van der Waals surface area (Å²) < 4.78 is 10.4. The summed E-state index contributed by atoms with van der Waals surface area (Å²) in [5.74, 6) is -0.249. The van der Waals surface area contributed by atoms with Crippen molar-refractivity contribution in [1.29, 1.82) is 0 Å². The van der Waals surface area contributed by atoms with E-state index in [2.05, 4.69) is 10.1 Å². The van der Waals surface area contributed by atoms with E-state index in [-0.39, 0.29) is 23.8 Å². The van der Waals surface area contributed by atoms with E-state index in [4.69, 9.17) is 9.26 Å². The van der Waals surface area contributed by atoms with Gasteiger partial charge in [0.1, 0.15) is 0 Å². The minimum Gasteiger partial charge on any atom is -0.452 e. The van der Waals surface area contributed by atoms with Crippen LogP contribution in [0.3, 0.4) is 0 Å². The van der Waals surface area contributed by atoms with E-state index in [1.54, 1.807) is 36.4 Å². The first-order chi connectivity index (χ1) is 13.7. The molecule has 0 saturated heterocycles. The third-order valence-corrected chi connectivity index (χ3v) is 4.83. The van der Waals surface area contributed by atoms with Crippen LogP contribution in [-0.2, 0) is 11.3 Å². The Labute approximate surface area is 164 Å². The summed E-state index contributed by atoms with van der Waals surface area (Å²) in [6.45, 7) is -0.180. The fraction of sp³-hybridized carbons (Fsp3) is 0.0476. The zero-order chi connectivity index (χ0) is 19.3. The summed E-state index contributed by atoms with van der Waals surface area (Å²) in [5.41, 5.74) is 1.30. The summed E-state index contributed by atoms with van der Waals surface area (Å²) in [6, 6.07) is 19.4. The van der Waals surface area contributed by atoms with Gasteiger partial charge in [-0.3, -0.25) is 4.79 Å². The van der Waals surface area contributed by atoms with Crippen LogP contribution < -0.4 is 0 Å². The van der Waals surface area contributed by atoms with Gasteiger partial charge in [-0.15, -0.1) is 11.3 Å². The SMILES string of the molecule is O=C(OCc1nc(-c2ccccc2)no1)c1ccccc1C(=O)c1cccs1. The van der Waals surface area contributed by atoms with Gasteiger partial charge in [-0.1, -0.05) is 59.8 Å². The number of nitrogens with zero attached hydrogens (tertiary/aromatic N) is 2. The number of benzene rings is 2. The van der Waals surface area contributed by atoms with Crippen molar-refractivity contribution in [2.45, 2.75) is 6.61 Å². The van der Waals surface area contributed by atoms with Gasteiger partial charge >= 0.3 is 5.97 Å². The van der Waals surface area contributed by atoms with E-state index in [9.17, 15) is 9.59 Å². The Balaban J connectivity index is 1.48. The van der Waals surface area contributed by atoms with Crippen LogP contribution in [0.1, 0.15) is 31.5 Å². The van der Waals surface area contributed by atoms with Crippen molar-refractivity contribution in [3.8, 4) is 11.4 Å². The standard InChI is InChI=1S/C21H14N2O4S/c24-19(17-11-6-12-28-17)15-9-4-5-10-16(15)21(25)26-13-18-22-20(23-27-18)14-7-2-1-3-8-14/h1-12H,13H2. The molecule has 2 aromatic heterocycles. The number of ketones is 1. The van der Waals surface area contributed by atoms with Crippen molar-refractivity contribution in [3.05, 3.63) is 94.0 Å². The molecule has 6 nitrogen and oxygen atoms in total. The van der Waals surface area contributed by atoms with Crippen molar-refractivity contribution in [1.82, 2.24) is 10.1 Å². The predicted molar refractivity (Wildman–Crippen MR) is 103 cm³/mol. The molecule has 4 aromatic rings. The average molecular weight is 390 g/mol. The number of esters is 1. The highest BCUT2D eigenvalue weighted by atomic mass is 32.1. The van der Waals surface area contributed by atoms with Crippen molar-refractivity contribution in [3.63, 3.8) is 0 Å². The van der Waals surface area contributed by atoms with Gasteiger partial charge < -0.3 is 9.26 Å². The summed E-state index contributed by atoms with van der Waals surface area (Å²) in [6.07, 6.45) is 0. The monoisotopic (exact) mass is 390 g/mol. The van der Waals surface area contributed by atoms with Crippen LogP contribution in [0.15, 0.2) is 76.6 Å². The molecule has 2 heterocycles. The minimum absolute atomic E-state index is 0.175. The van der Waals surface area contributed by atoms with Crippen LogP contribution in [-0.4, -0.2) is 21.9 Å². The average Bonchev–Trinajstić information content (AvgIpc) is 3.44. The molecule has 138 valence electrons. The number of aromatic nitrogens is 2. The summed E-state index contributed by atoms with van der Waals surface area (Å²) >= 11 is 1.32. The maximum atomic E-state index is 12.6. The second-order valence-electron chi connectivity index (χ2n) is 5.81. The van der Waals surface area contributed by atoms with Crippen LogP contribution >= 0.6 is 11.3 Å². The molecule has 28 heavy (non-hydrogen) atoms. The van der Waals surface area contributed by atoms with Crippen molar-refractivity contribution < 1.29 is 18.8 Å². The zero-order valence-corrected chi connectivity index (χ0v) is 15.4. The van der Waals surface area contributed by atoms with Gasteiger partial charge in [0.25, 0.3) is 5.89 Å². The molecule has 0 amide bonds. The molecule has 0 aliphatic carbocycles. The van der Waals surface area contributed by atoms with Crippen molar-refractivity contribution in [2.75, 3.05) is 0 Å². The number of hydrogen-bond donors (Lipinski definition) is 0. The molecule has 0 atom stereocenters. The fourth-order valence-corrected chi connectivity index (χ4v) is 3.30. The van der Waals surface area contributed by atoms with Crippen LogP contribution in [0.25, 0.3) is 11.4 Å². The summed E-state index contributed by atoms with van der Waals surface area (Å²) in [7, 11) is 0. The van der Waals surface area contributed by atoms with Gasteiger partial charge in [0.2, 0.25) is 11.6 Å². The molecule has 0 aliphatic heterocycles. The van der Waals surface area contributed by atoms with Crippen LogP contribution in [0.4, 0.5) is 0 Å². The van der Waals surface area contributed by atoms with Gasteiger partial charge in [-0.25, -0.2) is 4.79 Å². The number of ether oxygens (including phenoxy) is 1. The van der Waals surface area contributed by atoms with Crippen molar-refractivity contribution in [2.24, 2.45) is 0 Å². The number of hydrogen-bond acceptors (Lipinski definition) is 7. The van der Waals surface area contributed by atoms with Gasteiger partial charge in [-0.05, 0) is 17.5 Å². The van der Waals surface area contributed by atoms with Crippen LogP contribution in [0.2, 0.25) is 0 Å². The van der Waals surface area contributed by atoms with Crippen molar-refractivity contribution >= 4 is 23.1 Å². The third kappa shape index (κ3) is 3.74. The molecular weight excluding hydrogens is 376 g/mol.